The summed E-state index contributed by atoms with van der Waals surface area (Å²) in [4.78, 5) is 20.9. The molecule has 0 saturated heterocycles. The molecule has 1 amide bonds. The fraction of sp³-hybridized carbons (Fsp3) is 0.150. The highest BCUT2D eigenvalue weighted by atomic mass is 32.2. The van der Waals surface area contributed by atoms with E-state index in [2.05, 4.69) is 15.3 Å². The van der Waals surface area contributed by atoms with Gasteiger partial charge in [0.25, 0.3) is 5.91 Å². The summed E-state index contributed by atoms with van der Waals surface area (Å²) in [7, 11) is 3.13. The van der Waals surface area contributed by atoms with Crippen molar-refractivity contribution >= 4 is 23.4 Å². The minimum Gasteiger partial charge on any atom is -0.493 e. The van der Waals surface area contributed by atoms with E-state index >= 15 is 0 Å². The van der Waals surface area contributed by atoms with E-state index in [1.165, 1.54) is 0 Å². The summed E-state index contributed by atoms with van der Waals surface area (Å²) in [5.41, 5.74) is 2.25. The van der Waals surface area contributed by atoms with E-state index in [-0.39, 0.29) is 5.91 Å². The van der Waals surface area contributed by atoms with Crippen LogP contribution >= 0.6 is 11.8 Å². The third kappa shape index (κ3) is 4.98. The zero-order valence-corrected chi connectivity index (χ0v) is 15.8. The molecule has 3 rings (SSSR count). The lowest BCUT2D eigenvalue weighted by Crippen LogP contribution is -2.12. The first kappa shape index (κ1) is 18.7. The number of nitrogens with zero attached hydrogens (tertiary/aromatic N) is 2. The first-order chi connectivity index (χ1) is 13.2. The number of benzene rings is 2. The predicted molar refractivity (Wildman–Crippen MR) is 106 cm³/mol. The molecule has 1 heterocycles. The largest absolute Gasteiger partial charge is 0.493 e. The van der Waals surface area contributed by atoms with Crippen LogP contribution in [0, 0.1) is 0 Å². The van der Waals surface area contributed by atoms with Crippen molar-refractivity contribution in [3.63, 3.8) is 0 Å². The summed E-state index contributed by atoms with van der Waals surface area (Å²) in [6.45, 7) is 0. The van der Waals surface area contributed by atoms with Crippen molar-refractivity contribution < 1.29 is 14.3 Å². The molecular weight excluding hydrogens is 362 g/mol. The summed E-state index contributed by atoms with van der Waals surface area (Å²) in [5, 5.41) is 3.73. The van der Waals surface area contributed by atoms with Crippen LogP contribution in [0.25, 0.3) is 0 Å². The summed E-state index contributed by atoms with van der Waals surface area (Å²) in [6, 6.07) is 12.8. The lowest BCUT2D eigenvalue weighted by Gasteiger charge is -2.11. The maximum Gasteiger partial charge on any atom is 0.255 e. The molecule has 0 saturated carbocycles. The molecule has 0 radical (unpaired) electrons. The molecule has 0 unspecified atom stereocenters. The molecule has 0 fully saturated rings. The van der Waals surface area contributed by atoms with Gasteiger partial charge in [0.1, 0.15) is 5.03 Å². The van der Waals surface area contributed by atoms with Crippen molar-refractivity contribution in [3.05, 3.63) is 72.2 Å². The van der Waals surface area contributed by atoms with Gasteiger partial charge in [0.05, 0.1) is 20.4 Å². The standard InChI is InChI=1S/C20H19N3O3S/c1-25-17-7-6-16(11-18(17)26-2)23-20(24)15-5-3-4-14(10-15)13-27-19-12-21-8-9-22-19/h3-12H,13H2,1-2H3,(H,23,24). The SMILES string of the molecule is COc1ccc(NC(=O)c2cccc(CSc3cnccn3)c2)cc1OC. The van der Waals surface area contributed by atoms with Crippen LogP contribution in [0.2, 0.25) is 0 Å². The van der Waals surface area contributed by atoms with Crippen LogP contribution in [0.3, 0.4) is 0 Å². The Balaban J connectivity index is 1.68. The maximum atomic E-state index is 12.6. The quantitative estimate of drug-likeness (QED) is 0.623. The fourth-order valence-electron chi connectivity index (χ4n) is 2.44. The molecule has 0 aliphatic carbocycles. The van der Waals surface area contributed by atoms with Crippen molar-refractivity contribution in [2.75, 3.05) is 19.5 Å². The molecule has 0 spiro atoms. The second kappa shape index (κ2) is 9.05. The van der Waals surface area contributed by atoms with E-state index in [4.69, 9.17) is 9.47 Å². The second-order valence-corrected chi connectivity index (χ2v) is 6.55. The van der Waals surface area contributed by atoms with Crippen molar-refractivity contribution in [1.29, 1.82) is 0 Å². The fourth-order valence-corrected chi connectivity index (χ4v) is 3.20. The molecular formula is C20H19N3O3S. The molecule has 138 valence electrons. The lowest BCUT2D eigenvalue weighted by atomic mass is 10.1. The highest BCUT2D eigenvalue weighted by molar-refractivity contribution is 7.98. The van der Waals surface area contributed by atoms with Crippen LogP contribution in [0.1, 0.15) is 15.9 Å². The number of anilines is 1. The first-order valence-electron chi connectivity index (χ1n) is 8.20. The van der Waals surface area contributed by atoms with Crippen molar-refractivity contribution in [2.45, 2.75) is 10.8 Å². The molecule has 6 nitrogen and oxygen atoms in total. The van der Waals surface area contributed by atoms with Crippen LogP contribution in [0.4, 0.5) is 5.69 Å². The van der Waals surface area contributed by atoms with Gasteiger partial charge < -0.3 is 14.8 Å². The van der Waals surface area contributed by atoms with Gasteiger partial charge in [-0.1, -0.05) is 12.1 Å². The predicted octanol–water partition coefficient (Wildman–Crippen LogP) is 4.04. The summed E-state index contributed by atoms with van der Waals surface area (Å²) in [5.74, 6) is 1.69. The van der Waals surface area contributed by atoms with Crippen LogP contribution in [0.15, 0.2) is 66.1 Å². The average molecular weight is 381 g/mol. The Morgan fingerprint density at radius 2 is 1.93 bits per heavy atom. The molecule has 3 aromatic rings. The summed E-state index contributed by atoms with van der Waals surface area (Å²) in [6.07, 6.45) is 5.02. The van der Waals surface area contributed by atoms with Crippen LogP contribution < -0.4 is 14.8 Å². The van der Waals surface area contributed by atoms with E-state index < -0.39 is 0 Å². The molecule has 0 bridgehead atoms. The first-order valence-corrected chi connectivity index (χ1v) is 9.19. The minimum atomic E-state index is -0.187. The Bertz CT molecular complexity index is 919. The number of carbonyl (C=O) groups excluding carboxylic acids is 1. The van der Waals surface area contributed by atoms with Crippen LogP contribution in [-0.2, 0) is 5.75 Å². The van der Waals surface area contributed by atoms with Gasteiger partial charge in [-0.15, -0.1) is 11.8 Å². The lowest BCUT2D eigenvalue weighted by molar-refractivity contribution is 0.102. The van der Waals surface area contributed by atoms with E-state index in [9.17, 15) is 4.79 Å². The van der Waals surface area contributed by atoms with Crippen LogP contribution in [-0.4, -0.2) is 30.1 Å². The topological polar surface area (TPSA) is 73.3 Å². The number of methoxy groups -OCH3 is 2. The van der Waals surface area contributed by atoms with Crippen molar-refractivity contribution in [3.8, 4) is 11.5 Å². The Hall–Kier alpha value is -3.06. The molecule has 0 aliphatic rings. The third-order valence-electron chi connectivity index (χ3n) is 3.76. The Morgan fingerprint density at radius 3 is 2.67 bits per heavy atom. The smallest absolute Gasteiger partial charge is 0.255 e. The van der Waals surface area contributed by atoms with E-state index in [0.29, 0.717) is 28.5 Å². The summed E-state index contributed by atoms with van der Waals surface area (Å²) < 4.78 is 10.5. The maximum absolute atomic E-state index is 12.6. The Labute approximate surface area is 162 Å². The van der Waals surface area contributed by atoms with Gasteiger partial charge in [-0.3, -0.25) is 9.78 Å². The number of amides is 1. The zero-order valence-electron chi connectivity index (χ0n) is 15.0. The number of hydrogen-bond acceptors (Lipinski definition) is 6. The van der Waals surface area contributed by atoms with Crippen molar-refractivity contribution in [1.82, 2.24) is 9.97 Å². The Morgan fingerprint density at radius 1 is 1.07 bits per heavy atom. The Kier molecular flexibility index (Phi) is 6.27. The second-order valence-electron chi connectivity index (χ2n) is 5.56. The van der Waals surface area contributed by atoms with E-state index in [1.54, 1.807) is 68.8 Å². The molecule has 2 aromatic carbocycles. The van der Waals surface area contributed by atoms with E-state index in [0.717, 1.165) is 10.6 Å². The zero-order chi connectivity index (χ0) is 19.1. The number of hydrogen-bond donors (Lipinski definition) is 1. The third-order valence-corrected chi connectivity index (χ3v) is 4.74. The monoisotopic (exact) mass is 381 g/mol. The van der Waals surface area contributed by atoms with Crippen molar-refractivity contribution in [2.24, 2.45) is 0 Å². The molecule has 27 heavy (non-hydrogen) atoms. The summed E-state index contributed by atoms with van der Waals surface area (Å²) >= 11 is 1.57. The number of rotatable bonds is 7. The normalized spacial score (nSPS) is 10.3. The highest BCUT2D eigenvalue weighted by Crippen LogP contribution is 2.30. The van der Waals surface area contributed by atoms with Gasteiger partial charge in [-0.05, 0) is 29.8 Å². The molecule has 1 N–H and O–H groups in total. The number of carbonyl (C=O) groups is 1. The molecule has 0 atom stereocenters. The van der Waals surface area contributed by atoms with Gasteiger partial charge >= 0.3 is 0 Å². The van der Waals surface area contributed by atoms with Gasteiger partial charge in [0.2, 0.25) is 0 Å². The minimum absolute atomic E-state index is 0.187. The van der Waals surface area contributed by atoms with Gasteiger partial charge in [-0.2, -0.15) is 0 Å². The molecule has 7 heteroatoms. The number of nitrogens with one attached hydrogen (secondary N) is 1. The number of ether oxygens (including phenoxy) is 2. The highest BCUT2D eigenvalue weighted by Gasteiger charge is 2.10. The van der Waals surface area contributed by atoms with Gasteiger partial charge in [0.15, 0.2) is 11.5 Å². The number of aromatic nitrogens is 2. The number of thioether (sulfide) groups is 1. The van der Waals surface area contributed by atoms with Gasteiger partial charge in [-0.25, -0.2) is 4.98 Å². The van der Waals surface area contributed by atoms with Crippen LogP contribution in [0.5, 0.6) is 11.5 Å². The molecule has 1 aromatic heterocycles. The average Bonchev–Trinajstić information content (AvgIpc) is 2.73. The van der Waals surface area contributed by atoms with Gasteiger partial charge in [0, 0.05) is 35.5 Å². The molecule has 0 aliphatic heterocycles. The van der Waals surface area contributed by atoms with E-state index in [1.807, 2.05) is 18.2 Å².